The molecule has 0 aromatic carbocycles. The fraction of sp³-hybridized carbons (Fsp3) is 1.00. The van der Waals surface area contributed by atoms with Gasteiger partial charge in [-0.2, -0.15) is 0 Å². The third kappa shape index (κ3) is 14.1. The molecule has 2 atom stereocenters. The van der Waals surface area contributed by atoms with Gasteiger partial charge in [0.15, 0.2) is 0 Å². The van der Waals surface area contributed by atoms with Crippen molar-refractivity contribution in [3.05, 3.63) is 0 Å². The lowest BCUT2D eigenvalue weighted by molar-refractivity contribution is -0.0237. The van der Waals surface area contributed by atoms with E-state index in [-0.39, 0.29) is 13.2 Å². The van der Waals surface area contributed by atoms with Crippen molar-refractivity contribution in [3.63, 3.8) is 0 Å². The van der Waals surface area contributed by atoms with Gasteiger partial charge in [0.05, 0.1) is 65.1 Å². The third-order valence-electron chi connectivity index (χ3n) is 2.48. The van der Waals surface area contributed by atoms with Gasteiger partial charge in [-0.25, -0.2) is 0 Å². The molecule has 4 N–H and O–H groups in total. The summed E-state index contributed by atoms with van der Waals surface area (Å²) in [6, 6.07) is 0. The smallest absolute Gasteiger partial charge is 0.0895 e. The second kappa shape index (κ2) is 15.1. The van der Waals surface area contributed by atoms with Crippen LogP contribution in [0, 0.1) is 0 Å². The average Bonchev–Trinajstić information content (AvgIpc) is 2.47. The molecule has 122 valence electrons. The monoisotopic (exact) mass is 295 g/mol. The van der Waals surface area contributed by atoms with Crippen LogP contribution in [0.15, 0.2) is 0 Å². The molecule has 0 bridgehead atoms. The first-order valence-electron chi connectivity index (χ1n) is 7.07. The Morgan fingerprint density at radius 2 is 1.15 bits per heavy atom. The van der Waals surface area contributed by atoms with E-state index in [1.54, 1.807) is 0 Å². The summed E-state index contributed by atoms with van der Waals surface area (Å²) in [5.74, 6) is 0. The number of hydrogen-bond donors (Lipinski definition) is 3. The molecule has 0 saturated carbocycles. The fourth-order valence-corrected chi connectivity index (χ4v) is 1.18. The van der Waals surface area contributed by atoms with E-state index in [4.69, 9.17) is 29.8 Å². The highest BCUT2D eigenvalue weighted by Crippen LogP contribution is 1.90. The molecule has 0 saturated heterocycles. The van der Waals surface area contributed by atoms with Gasteiger partial charge in [0.2, 0.25) is 0 Å². The van der Waals surface area contributed by atoms with E-state index in [1.165, 1.54) is 0 Å². The van der Waals surface area contributed by atoms with Gasteiger partial charge < -0.3 is 34.9 Å². The van der Waals surface area contributed by atoms with Gasteiger partial charge >= 0.3 is 0 Å². The zero-order valence-electron chi connectivity index (χ0n) is 12.3. The van der Waals surface area contributed by atoms with Gasteiger partial charge in [0, 0.05) is 6.54 Å². The zero-order chi connectivity index (χ0) is 15.1. The van der Waals surface area contributed by atoms with Crippen LogP contribution in [0.5, 0.6) is 0 Å². The Morgan fingerprint density at radius 1 is 0.750 bits per heavy atom. The Labute approximate surface area is 121 Å². The number of nitrogens with two attached hydrogens (primary N) is 1. The van der Waals surface area contributed by atoms with Gasteiger partial charge in [0.25, 0.3) is 0 Å². The highest BCUT2D eigenvalue weighted by molar-refractivity contribution is 4.51. The van der Waals surface area contributed by atoms with Gasteiger partial charge in [-0.15, -0.1) is 0 Å². The maximum Gasteiger partial charge on any atom is 0.0895 e. The molecule has 0 fully saturated rings. The highest BCUT2D eigenvalue weighted by atomic mass is 16.6. The van der Waals surface area contributed by atoms with Crippen molar-refractivity contribution in [2.75, 3.05) is 59.4 Å². The molecule has 0 heterocycles. The number of rotatable bonds is 15. The van der Waals surface area contributed by atoms with Crippen LogP contribution in [0.2, 0.25) is 0 Å². The SMILES string of the molecule is CCC(O)COCCOCCOCCOCC(O)CN. The van der Waals surface area contributed by atoms with Crippen LogP contribution in [0.3, 0.4) is 0 Å². The first kappa shape index (κ1) is 19.7. The van der Waals surface area contributed by atoms with Crippen molar-refractivity contribution in [1.82, 2.24) is 0 Å². The first-order chi connectivity index (χ1) is 9.70. The largest absolute Gasteiger partial charge is 0.391 e. The van der Waals surface area contributed by atoms with Crippen molar-refractivity contribution in [1.29, 1.82) is 0 Å². The van der Waals surface area contributed by atoms with Crippen molar-refractivity contribution < 1.29 is 29.2 Å². The average molecular weight is 295 g/mol. The van der Waals surface area contributed by atoms with Crippen LogP contribution < -0.4 is 5.73 Å². The Bertz CT molecular complexity index is 176. The van der Waals surface area contributed by atoms with Crippen LogP contribution in [-0.4, -0.2) is 81.8 Å². The molecule has 0 aliphatic rings. The second-order valence-electron chi connectivity index (χ2n) is 4.33. The second-order valence-corrected chi connectivity index (χ2v) is 4.33. The first-order valence-corrected chi connectivity index (χ1v) is 7.07. The maximum absolute atomic E-state index is 9.23. The predicted molar refractivity (Wildman–Crippen MR) is 74.6 cm³/mol. The number of ether oxygens (including phenoxy) is 4. The van der Waals surface area contributed by atoms with Crippen molar-refractivity contribution in [3.8, 4) is 0 Å². The lowest BCUT2D eigenvalue weighted by Crippen LogP contribution is -2.26. The minimum Gasteiger partial charge on any atom is -0.391 e. The highest BCUT2D eigenvalue weighted by Gasteiger charge is 2.00. The summed E-state index contributed by atoms with van der Waals surface area (Å²) >= 11 is 0. The van der Waals surface area contributed by atoms with Gasteiger partial charge in [-0.1, -0.05) is 6.92 Å². The Morgan fingerprint density at radius 3 is 1.55 bits per heavy atom. The molecule has 0 spiro atoms. The molecule has 0 aromatic heterocycles. The molecule has 0 amide bonds. The summed E-state index contributed by atoms with van der Waals surface area (Å²) in [7, 11) is 0. The summed E-state index contributed by atoms with van der Waals surface area (Å²) in [5.41, 5.74) is 5.22. The van der Waals surface area contributed by atoms with Crippen LogP contribution in [0.4, 0.5) is 0 Å². The molecule has 0 radical (unpaired) electrons. The van der Waals surface area contributed by atoms with Crippen LogP contribution in [0.25, 0.3) is 0 Å². The minimum atomic E-state index is -0.607. The van der Waals surface area contributed by atoms with Crippen LogP contribution in [0.1, 0.15) is 13.3 Å². The molecule has 0 aliphatic heterocycles. The van der Waals surface area contributed by atoms with Gasteiger partial charge in [-0.3, -0.25) is 0 Å². The van der Waals surface area contributed by atoms with Crippen molar-refractivity contribution >= 4 is 0 Å². The topological polar surface area (TPSA) is 103 Å². The van der Waals surface area contributed by atoms with Crippen molar-refractivity contribution in [2.45, 2.75) is 25.6 Å². The third-order valence-corrected chi connectivity index (χ3v) is 2.48. The maximum atomic E-state index is 9.23. The van der Waals surface area contributed by atoms with Gasteiger partial charge in [-0.05, 0) is 6.42 Å². The number of hydrogen-bond acceptors (Lipinski definition) is 7. The lowest BCUT2D eigenvalue weighted by Gasteiger charge is -2.10. The van der Waals surface area contributed by atoms with E-state index < -0.39 is 12.2 Å². The molecule has 0 aromatic rings. The molecule has 7 heteroatoms. The van der Waals surface area contributed by atoms with Gasteiger partial charge in [0.1, 0.15) is 0 Å². The molecular weight excluding hydrogens is 266 g/mol. The Hall–Kier alpha value is -0.280. The summed E-state index contributed by atoms with van der Waals surface area (Å²) in [4.78, 5) is 0. The van der Waals surface area contributed by atoms with E-state index >= 15 is 0 Å². The lowest BCUT2D eigenvalue weighted by atomic mass is 10.3. The van der Waals surface area contributed by atoms with E-state index in [0.717, 1.165) is 0 Å². The summed E-state index contributed by atoms with van der Waals surface area (Å²) in [6.45, 7) is 5.50. The number of aliphatic hydroxyl groups excluding tert-OH is 2. The van der Waals surface area contributed by atoms with Crippen LogP contribution >= 0.6 is 0 Å². The summed E-state index contributed by atoms with van der Waals surface area (Å²) < 4.78 is 20.9. The molecule has 0 rings (SSSR count). The van der Waals surface area contributed by atoms with E-state index in [1.807, 2.05) is 6.92 Å². The predicted octanol–water partition coefficient (Wildman–Crippen LogP) is -0.857. The molecule has 7 nitrogen and oxygen atoms in total. The quantitative estimate of drug-likeness (QED) is 0.338. The normalized spacial score (nSPS) is 14.4. The van der Waals surface area contributed by atoms with E-state index in [9.17, 15) is 5.11 Å². The minimum absolute atomic E-state index is 0.200. The Kier molecular flexibility index (Phi) is 14.9. The standard InChI is InChI=1S/C13H29NO6/c1-2-12(15)10-19-7-5-17-3-4-18-6-8-20-11-13(16)9-14/h12-13,15-16H,2-11,14H2,1H3. The van der Waals surface area contributed by atoms with E-state index in [2.05, 4.69) is 0 Å². The molecule has 2 unspecified atom stereocenters. The number of aliphatic hydroxyl groups is 2. The fourth-order valence-electron chi connectivity index (χ4n) is 1.18. The molecule has 0 aliphatic carbocycles. The molecular formula is C13H29NO6. The molecule has 20 heavy (non-hydrogen) atoms. The van der Waals surface area contributed by atoms with Crippen molar-refractivity contribution in [2.24, 2.45) is 5.73 Å². The zero-order valence-corrected chi connectivity index (χ0v) is 12.3. The summed E-state index contributed by atoms with van der Waals surface area (Å²) in [6.07, 6.45) is -0.306. The van der Waals surface area contributed by atoms with E-state index in [0.29, 0.717) is 52.7 Å². The van der Waals surface area contributed by atoms with Crippen LogP contribution in [-0.2, 0) is 18.9 Å². The summed E-state index contributed by atoms with van der Waals surface area (Å²) in [5, 5.41) is 18.3. The Balaban J connectivity index is 3.03.